The molecule has 2 aliphatic heterocycles. The predicted molar refractivity (Wildman–Crippen MR) is 185 cm³/mol. The van der Waals surface area contributed by atoms with Crippen LogP contribution in [0.3, 0.4) is 0 Å². The minimum absolute atomic E-state index is 0.00201. The molecule has 0 aromatic heterocycles. The molecule has 5 aliphatic rings. The molecule has 3 saturated carbocycles. The van der Waals surface area contributed by atoms with Crippen molar-refractivity contribution >= 4 is 25.2 Å². The summed E-state index contributed by atoms with van der Waals surface area (Å²) in [5.74, 6) is -0.0474. The molecule has 12 heteroatoms. The molecule has 1 aromatic rings. The third-order valence-electron chi connectivity index (χ3n) is 10.5. The number of hydrogen-bond donors (Lipinski definition) is 1. The number of allylic oxidation sites excluding steroid dienone is 1. The van der Waals surface area contributed by atoms with Crippen molar-refractivity contribution in [3.05, 3.63) is 47.5 Å². The van der Waals surface area contributed by atoms with Crippen LogP contribution < -0.4 is 5.32 Å². The van der Waals surface area contributed by atoms with Gasteiger partial charge in [-0.3, -0.25) is 4.79 Å². The van der Waals surface area contributed by atoms with Crippen molar-refractivity contribution in [1.29, 1.82) is 5.26 Å². The van der Waals surface area contributed by atoms with Gasteiger partial charge in [0.25, 0.3) is 5.91 Å². The maximum atomic E-state index is 13.7. The van der Waals surface area contributed by atoms with Gasteiger partial charge in [-0.1, -0.05) is 71.0 Å². The Balaban J connectivity index is 1.31. The van der Waals surface area contributed by atoms with Crippen LogP contribution in [-0.2, 0) is 30.0 Å². The number of carbonyl (C=O) groups excluding carboxylic acids is 3. The zero-order valence-electron chi connectivity index (χ0n) is 30.6. The van der Waals surface area contributed by atoms with Gasteiger partial charge < -0.3 is 33.9 Å². The van der Waals surface area contributed by atoms with E-state index in [-0.39, 0.29) is 43.3 Å². The van der Waals surface area contributed by atoms with Gasteiger partial charge in [-0.25, -0.2) is 9.59 Å². The highest BCUT2D eigenvalue weighted by molar-refractivity contribution is 6.47. The Hall–Kier alpha value is -3.56. The summed E-state index contributed by atoms with van der Waals surface area (Å²) in [6.07, 6.45) is 2.86. The summed E-state index contributed by atoms with van der Waals surface area (Å²) in [6.45, 7) is 18.1. The zero-order chi connectivity index (χ0) is 35.9. The van der Waals surface area contributed by atoms with E-state index < -0.39 is 53.8 Å². The molecule has 1 unspecified atom stereocenters. The molecule has 11 nitrogen and oxygen atoms in total. The first-order valence-corrected chi connectivity index (χ1v) is 17.5. The molecule has 266 valence electrons. The Morgan fingerprint density at radius 1 is 1.12 bits per heavy atom. The van der Waals surface area contributed by atoms with E-state index in [1.165, 1.54) is 9.80 Å². The van der Waals surface area contributed by atoms with Crippen LogP contribution in [0.25, 0.3) is 0 Å². The van der Waals surface area contributed by atoms with Crippen LogP contribution in [0, 0.1) is 34.0 Å². The molecule has 2 bridgehead atoms. The standard InChI is InChI=1S/C37H53BN4O7/c1-34(2,3)19-25(21-39)31(43)42-16-15-41(33(45)47-35(4,5)6)22-27(42)23-46-32(44)40-29(17-24-13-11-10-12-14-24)38-48-30-28-18-26(36(28,7)8)20-37(30,9)49-38/h10-14,19,26-30H,15-18,20,22-23H2,1-9H3,(H,40,44)/b25-19+/t26-,27+,28+,29?,30-,37+/m0/s1. The summed E-state index contributed by atoms with van der Waals surface area (Å²) in [5.41, 5.74) is -0.343. The van der Waals surface area contributed by atoms with Crippen LogP contribution in [-0.4, -0.2) is 90.5 Å². The van der Waals surface area contributed by atoms with Crippen molar-refractivity contribution in [2.24, 2.45) is 22.7 Å². The Kier molecular flexibility index (Phi) is 10.2. The summed E-state index contributed by atoms with van der Waals surface area (Å²) < 4.78 is 24.7. The molecule has 6 rings (SSSR count). The van der Waals surface area contributed by atoms with Gasteiger partial charge in [-0.2, -0.15) is 5.26 Å². The monoisotopic (exact) mass is 676 g/mol. The molecule has 3 amide bonds. The molecule has 3 aliphatic carbocycles. The van der Waals surface area contributed by atoms with Gasteiger partial charge in [0.15, 0.2) is 0 Å². The summed E-state index contributed by atoms with van der Waals surface area (Å²) in [5, 5.41) is 12.9. The van der Waals surface area contributed by atoms with Gasteiger partial charge >= 0.3 is 19.3 Å². The molecule has 1 N–H and O–H groups in total. The minimum Gasteiger partial charge on any atom is -0.447 e. The van der Waals surface area contributed by atoms with Gasteiger partial charge in [0.05, 0.1) is 23.7 Å². The number of carbonyl (C=O) groups is 3. The topological polar surface area (TPSA) is 130 Å². The fourth-order valence-corrected chi connectivity index (χ4v) is 7.85. The van der Waals surface area contributed by atoms with E-state index in [1.807, 2.05) is 57.2 Å². The van der Waals surface area contributed by atoms with E-state index in [2.05, 4.69) is 26.1 Å². The van der Waals surface area contributed by atoms with Gasteiger partial charge in [-0.05, 0) is 75.2 Å². The van der Waals surface area contributed by atoms with Crippen molar-refractivity contribution in [1.82, 2.24) is 15.1 Å². The number of nitrogens with zero attached hydrogens (tertiary/aromatic N) is 3. The molecule has 6 atom stereocenters. The van der Waals surface area contributed by atoms with E-state index in [0.29, 0.717) is 18.3 Å². The molecule has 0 radical (unpaired) electrons. The summed E-state index contributed by atoms with van der Waals surface area (Å²) in [4.78, 5) is 43.2. The molecule has 2 heterocycles. The highest BCUT2D eigenvalue weighted by atomic mass is 16.7. The molecule has 2 saturated heterocycles. The van der Waals surface area contributed by atoms with Gasteiger partial charge in [-0.15, -0.1) is 0 Å². The summed E-state index contributed by atoms with van der Waals surface area (Å²) in [7, 11) is -0.672. The number of hydrogen-bond acceptors (Lipinski definition) is 8. The van der Waals surface area contributed by atoms with E-state index in [1.54, 1.807) is 26.8 Å². The number of alkyl carbamates (subject to hydrolysis) is 1. The number of nitrogens with one attached hydrogen (secondary N) is 1. The maximum Gasteiger partial charge on any atom is 0.482 e. The fraction of sp³-hybridized carbons (Fsp3) is 0.676. The Morgan fingerprint density at radius 3 is 2.43 bits per heavy atom. The fourth-order valence-electron chi connectivity index (χ4n) is 7.85. The lowest BCUT2D eigenvalue weighted by molar-refractivity contribution is -0.185. The highest BCUT2D eigenvalue weighted by Crippen LogP contribution is 2.64. The maximum absolute atomic E-state index is 13.7. The van der Waals surface area contributed by atoms with E-state index in [9.17, 15) is 19.6 Å². The molecular weight excluding hydrogens is 623 g/mol. The van der Waals surface area contributed by atoms with Crippen molar-refractivity contribution in [2.45, 2.75) is 111 Å². The SMILES string of the molecule is CC(C)(C)/C=C(\C#N)C(=O)N1CCN(C(=O)OC(C)(C)C)C[C@@H]1COC(=O)NC(Cc1ccccc1)B1O[C@H]2[C@H]3C[C@@H](C[C@@]2(C)O1)C3(C)C. The Labute approximate surface area is 291 Å². The number of nitriles is 1. The lowest BCUT2D eigenvalue weighted by atomic mass is 9.45. The van der Waals surface area contributed by atoms with Crippen molar-refractivity contribution < 1.29 is 33.2 Å². The number of rotatable bonds is 7. The first kappa shape index (κ1) is 36.7. The second-order valence-corrected chi connectivity index (χ2v) is 17.1. The smallest absolute Gasteiger partial charge is 0.447 e. The predicted octanol–water partition coefficient (Wildman–Crippen LogP) is 5.54. The molecule has 49 heavy (non-hydrogen) atoms. The average Bonchev–Trinajstić information content (AvgIpc) is 3.38. The van der Waals surface area contributed by atoms with E-state index >= 15 is 0 Å². The van der Waals surface area contributed by atoms with Crippen molar-refractivity contribution in [3.8, 4) is 6.07 Å². The highest BCUT2D eigenvalue weighted by Gasteiger charge is 2.67. The van der Waals surface area contributed by atoms with Gasteiger partial charge in [0, 0.05) is 19.6 Å². The summed E-state index contributed by atoms with van der Waals surface area (Å²) >= 11 is 0. The van der Waals surface area contributed by atoms with Crippen LogP contribution in [0.15, 0.2) is 42.0 Å². The summed E-state index contributed by atoms with van der Waals surface area (Å²) in [6, 6.07) is 11.2. The first-order valence-electron chi connectivity index (χ1n) is 17.5. The lowest BCUT2D eigenvalue weighted by Gasteiger charge is -2.63. The Bertz CT molecular complexity index is 1480. The minimum atomic E-state index is -0.710. The van der Waals surface area contributed by atoms with Crippen LogP contribution in [0.4, 0.5) is 9.59 Å². The lowest BCUT2D eigenvalue weighted by Crippen LogP contribution is -2.63. The van der Waals surface area contributed by atoms with Crippen molar-refractivity contribution in [3.63, 3.8) is 0 Å². The zero-order valence-corrected chi connectivity index (χ0v) is 30.6. The number of amides is 3. The molecular formula is C37H53BN4O7. The van der Waals surface area contributed by atoms with Crippen molar-refractivity contribution in [2.75, 3.05) is 26.2 Å². The van der Waals surface area contributed by atoms with Crippen LogP contribution >= 0.6 is 0 Å². The quantitative estimate of drug-likeness (QED) is 0.227. The normalized spacial score (nSPS) is 28.5. The second-order valence-electron chi connectivity index (χ2n) is 17.1. The number of ether oxygens (including phenoxy) is 2. The van der Waals surface area contributed by atoms with E-state index in [4.69, 9.17) is 18.8 Å². The average molecular weight is 677 g/mol. The molecule has 5 fully saturated rings. The second kappa shape index (κ2) is 13.6. The number of benzene rings is 1. The van der Waals surface area contributed by atoms with Crippen LogP contribution in [0.5, 0.6) is 0 Å². The van der Waals surface area contributed by atoms with Crippen LogP contribution in [0.1, 0.15) is 80.7 Å². The van der Waals surface area contributed by atoms with Crippen LogP contribution in [0.2, 0.25) is 0 Å². The first-order chi connectivity index (χ1) is 22.8. The van der Waals surface area contributed by atoms with Gasteiger partial charge in [0.1, 0.15) is 23.9 Å². The molecule has 0 spiro atoms. The van der Waals surface area contributed by atoms with Gasteiger partial charge in [0.2, 0.25) is 0 Å². The van der Waals surface area contributed by atoms with E-state index in [0.717, 1.165) is 18.4 Å². The number of piperazine rings is 1. The third kappa shape index (κ3) is 8.26. The third-order valence-corrected chi connectivity index (χ3v) is 10.5. The largest absolute Gasteiger partial charge is 0.482 e. The molecule has 1 aromatic carbocycles. The Morgan fingerprint density at radius 2 is 1.82 bits per heavy atom.